The van der Waals surface area contributed by atoms with Gasteiger partial charge in [0.05, 0.1) is 10.6 Å². The summed E-state index contributed by atoms with van der Waals surface area (Å²) >= 11 is 1.25. The van der Waals surface area contributed by atoms with Gasteiger partial charge in [0.1, 0.15) is 6.54 Å². The third-order valence-electron chi connectivity index (χ3n) is 3.98. The molecule has 3 rings (SSSR count). The highest BCUT2D eigenvalue weighted by Crippen LogP contribution is 2.19. The van der Waals surface area contributed by atoms with Gasteiger partial charge in [0.25, 0.3) is 11.8 Å². The number of hydrogen-bond acceptors (Lipinski definition) is 6. The van der Waals surface area contributed by atoms with Gasteiger partial charge in [0.2, 0.25) is 0 Å². The Kier molecular flexibility index (Phi) is 7.07. The molecule has 0 aliphatic heterocycles. The average molecular weight is 422 g/mol. The SMILES string of the molecule is O=C(COC(=O)CNC(=O)c1cccs1)Nc1ccccc1C(=O)c1ccccc1. The Morgan fingerprint density at radius 3 is 2.33 bits per heavy atom. The smallest absolute Gasteiger partial charge is 0.325 e. The maximum absolute atomic E-state index is 12.7. The third kappa shape index (κ3) is 5.62. The molecule has 7 nitrogen and oxygen atoms in total. The zero-order valence-corrected chi connectivity index (χ0v) is 16.6. The Morgan fingerprint density at radius 2 is 1.60 bits per heavy atom. The minimum atomic E-state index is -0.747. The van der Waals surface area contributed by atoms with E-state index in [1.54, 1.807) is 66.0 Å². The number of ketones is 1. The molecule has 30 heavy (non-hydrogen) atoms. The number of nitrogens with one attached hydrogen (secondary N) is 2. The van der Waals surface area contributed by atoms with Crippen molar-refractivity contribution in [2.75, 3.05) is 18.5 Å². The van der Waals surface area contributed by atoms with E-state index in [4.69, 9.17) is 4.74 Å². The molecule has 0 saturated heterocycles. The van der Waals surface area contributed by atoms with Gasteiger partial charge >= 0.3 is 5.97 Å². The number of esters is 1. The van der Waals surface area contributed by atoms with Gasteiger partial charge in [-0.1, -0.05) is 48.5 Å². The molecule has 8 heteroatoms. The molecule has 0 saturated carbocycles. The van der Waals surface area contributed by atoms with Gasteiger partial charge in [-0.25, -0.2) is 0 Å². The first-order valence-corrected chi connectivity index (χ1v) is 9.88. The lowest BCUT2D eigenvalue weighted by Gasteiger charge is -2.11. The van der Waals surface area contributed by atoms with Gasteiger partial charge in [0, 0.05) is 11.1 Å². The summed E-state index contributed by atoms with van der Waals surface area (Å²) in [6.45, 7) is -0.894. The van der Waals surface area contributed by atoms with E-state index in [0.29, 0.717) is 21.7 Å². The summed E-state index contributed by atoms with van der Waals surface area (Å²) in [5.74, 6) is -1.97. The van der Waals surface area contributed by atoms with Gasteiger partial charge in [0.15, 0.2) is 12.4 Å². The van der Waals surface area contributed by atoms with Crippen LogP contribution in [0.3, 0.4) is 0 Å². The van der Waals surface area contributed by atoms with Crippen molar-refractivity contribution in [1.82, 2.24) is 5.32 Å². The van der Waals surface area contributed by atoms with Crippen molar-refractivity contribution < 1.29 is 23.9 Å². The second kappa shape index (κ2) is 10.1. The standard InChI is InChI=1S/C22H18N2O5S/c25-19(14-29-20(26)13-23-22(28)18-11-6-12-30-18)24-17-10-5-4-9-16(17)21(27)15-7-2-1-3-8-15/h1-12H,13-14H2,(H,23,28)(H,24,25). The van der Waals surface area contributed by atoms with Gasteiger partial charge < -0.3 is 15.4 Å². The number of rotatable bonds is 8. The monoisotopic (exact) mass is 422 g/mol. The maximum Gasteiger partial charge on any atom is 0.325 e. The van der Waals surface area contributed by atoms with Gasteiger partial charge in [-0.3, -0.25) is 19.2 Å². The molecule has 0 fully saturated rings. The molecule has 1 aromatic heterocycles. The molecular formula is C22H18N2O5S. The van der Waals surface area contributed by atoms with Crippen molar-refractivity contribution in [2.45, 2.75) is 0 Å². The number of carbonyl (C=O) groups is 4. The number of anilines is 1. The molecule has 0 aliphatic rings. The van der Waals surface area contributed by atoms with E-state index in [0.717, 1.165) is 0 Å². The van der Waals surface area contributed by atoms with Gasteiger partial charge in [-0.15, -0.1) is 11.3 Å². The second-order valence-corrected chi connectivity index (χ2v) is 7.06. The van der Waals surface area contributed by atoms with Crippen LogP contribution in [0.1, 0.15) is 25.6 Å². The van der Waals surface area contributed by atoms with Crippen LogP contribution in [0.2, 0.25) is 0 Å². The highest BCUT2D eigenvalue weighted by Gasteiger charge is 2.16. The van der Waals surface area contributed by atoms with E-state index in [-0.39, 0.29) is 18.2 Å². The Balaban J connectivity index is 1.52. The van der Waals surface area contributed by atoms with E-state index in [9.17, 15) is 19.2 Å². The van der Waals surface area contributed by atoms with Crippen LogP contribution < -0.4 is 10.6 Å². The van der Waals surface area contributed by atoms with Crippen molar-refractivity contribution in [1.29, 1.82) is 0 Å². The van der Waals surface area contributed by atoms with Crippen LogP contribution in [0.5, 0.6) is 0 Å². The largest absolute Gasteiger partial charge is 0.454 e. The van der Waals surface area contributed by atoms with E-state index >= 15 is 0 Å². The molecule has 2 aromatic carbocycles. The summed E-state index contributed by atoms with van der Waals surface area (Å²) in [4.78, 5) is 48.9. The number of thiophene rings is 1. The zero-order chi connectivity index (χ0) is 21.3. The highest BCUT2D eigenvalue weighted by atomic mass is 32.1. The summed E-state index contributed by atoms with van der Waals surface area (Å²) in [5, 5.41) is 6.75. The molecule has 3 aromatic rings. The molecular weight excluding hydrogens is 404 g/mol. The molecule has 2 amide bonds. The van der Waals surface area contributed by atoms with Gasteiger partial charge in [-0.05, 0) is 23.6 Å². The normalized spacial score (nSPS) is 10.1. The van der Waals surface area contributed by atoms with Crippen LogP contribution in [-0.4, -0.2) is 36.7 Å². The topological polar surface area (TPSA) is 102 Å². The second-order valence-electron chi connectivity index (χ2n) is 6.11. The van der Waals surface area contributed by atoms with Crippen molar-refractivity contribution in [3.63, 3.8) is 0 Å². The summed E-state index contributed by atoms with van der Waals surface area (Å²) in [6.07, 6.45) is 0. The Labute approximate surface area is 176 Å². The minimum Gasteiger partial charge on any atom is -0.454 e. The molecule has 0 radical (unpaired) electrons. The fourth-order valence-corrected chi connectivity index (χ4v) is 3.21. The summed E-state index contributed by atoms with van der Waals surface area (Å²) in [7, 11) is 0. The highest BCUT2D eigenvalue weighted by molar-refractivity contribution is 7.12. The van der Waals surface area contributed by atoms with Crippen LogP contribution in [0, 0.1) is 0 Å². The fourth-order valence-electron chi connectivity index (χ4n) is 2.57. The lowest BCUT2D eigenvalue weighted by atomic mass is 10.0. The summed E-state index contributed by atoms with van der Waals surface area (Å²) in [6, 6.07) is 18.6. The van der Waals surface area contributed by atoms with E-state index in [1.165, 1.54) is 11.3 Å². The lowest BCUT2D eigenvalue weighted by molar-refractivity contribution is -0.146. The molecule has 0 aliphatic carbocycles. The number of amides is 2. The zero-order valence-electron chi connectivity index (χ0n) is 15.8. The van der Waals surface area contributed by atoms with Crippen LogP contribution in [0.15, 0.2) is 72.1 Å². The fraction of sp³-hybridized carbons (Fsp3) is 0.0909. The quantitative estimate of drug-likeness (QED) is 0.429. The molecule has 0 unspecified atom stereocenters. The Bertz CT molecular complexity index is 1050. The first-order chi connectivity index (χ1) is 14.5. The number of carbonyl (C=O) groups excluding carboxylic acids is 4. The third-order valence-corrected chi connectivity index (χ3v) is 4.85. The first-order valence-electron chi connectivity index (χ1n) is 9.00. The van der Waals surface area contributed by atoms with E-state index < -0.39 is 18.5 Å². The van der Waals surface area contributed by atoms with Crippen molar-refractivity contribution in [3.8, 4) is 0 Å². The maximum atomic E-state index is 12.7. The molecule has 152 valence electrons. The van der Waals surface area contributed by atoms with Crippen LogP contribution >= 0.6 is 11.3 Å². The Morgan fingerprint density at radius 1 is 0.867 bits per heavy atom. The molecule has 0 atom stereocenters. The molecule has 0 spiro atoms. The number of benzene rings is 2. The predicted molar refractivity (Wildman–Crippen MR) is 113 cm³/mol. The summed E-state index contributed by atoms with van der Waals surface area (Å²) in [5.41, 5.74) is 1.14. The van der Waals surface area contributed by atoms with E-state index in [1.807, 2.05) is 6.07 Å². The van der Waals surface area contributed by atoms with Crippen molar-refractivity contribution in [3.05, 3.63) is 88.1 Å². The average Bonchev–Trinajstić information content (AvgIpc) is 3.32. The van der Waals surface area contributed by atoms with Crippen LogP contribution in [0.4, 0.5) is 5.69 Å². The number of para-hydroxylation sites is 1. The Hall–Kier alpha value is -3.78. The number of hydrogen-bond donors (Lipinski definition) is 2. The number of ether oxygens (including phenoxy) is 1. The first kappa shape index (κ1) is 20.9. The van der Waals surface area contributed by atoms with Crippen molar-refractivity contribution >= 4 is 40.6 Å². The van der Waals surface area contributed by atoms with Crippen molar-refractivity contribution in [2.24, 2.45) is 0 Å². The van der Waals surface area contributed by atoms with E-state index in [2.05, 4.69) is 10.6 Å². The summed E-state index contributed by atoms with van der Waals surface area (Å²) < 4.78 is 4.88. The molecule has 2 N–H and O–H groups in total. The predicted octanol–water partition coefficient (Wildman–Crippen LogP) is 2.89. The molecule has 1 heterocycles. The van der Waals surface area contributed by atoms with Crippen LogP contribution in [-0.2, 0) is 14.3 Å². The van der Waals surface area contributed by atoms with Gasteiger partial charge in [-0.2, -0.15) is 0 Å². The van der Waals surface area contributed by atoms with Crippen LogP contribution in [0.25, 0.3) is 0 Å². The molecule has 0 bridgehead atoms. The lowest BCUT2D eigenvalue weighted by Crippen LogP contribution is -2.32. The minimum absolute atomic E-state index is 0.236.